The van der Waals surface area contributed by atoms with Crippen LogP contribution in [0, 0.1) is 10.1 Å². The molecule has 0 aliphatic heterocycles. The van der Waals surface area contributed by atoms with Gasteiger partial charge in [0.1, 0.15) is 0 Å². The second-order valence-corrected chi connectivity index (χ2v) is 6.76. The van der Waals surface area contributed by atoms with Gasteiger partial charge in [-0.2, -0.15) is 4.99 Å². The Balaban J connectivity index is 2.11. The van der Waals surface area contributed by atoms with Gasteiger partial charge in [-0.05, 0) is 18.2 Å². The Kier molecular flexibility index (Phi) is 5.46. The number of benzene rings is 2. The molecule has 1 heterocycles. The molecule has 0 N–H and O–H groups in total. The Labute approximate surface area is 157 Å². The zero-order valence-corrected chi connectivity index (χ0v) is 15.3. The van der Waals surface area contributed by atoms with E-state index in [2.05, 4.69) is 4.99 Å². The summed E-state index contributed by atoms with van der Waals surface area (Å²) in [5.74, 6) is -0.553. The number of hydrogen-bond acceptors (Lipinski definition) is 5. The van der Waals surface area contributed by atoms with Crippen LogP contribution in [0.5, 0.6) is 0 Å². The van der Waals surface area contributed by atoms with Gasteiger partial charge in [0.15, 0.2) is 4.80 Å². The number of nitro groups is 1. The molecule has 0 saturated heterocycles. The highest BCUT2D eigenvalue weighted by Crippen LogP contribution is 2.25. The number of para-hydroxylation sites is 1. The standard InChI is InChI=1S/C17H14ClN3O4S/c1-25-9-8-20-15-13(18)6-3-7-14(15)26-17(20)19-16(22)11-4-2-5-12(10-11)21(23)24/h2-7,10H,8-9H2,1H3. The molecule has 0 unspecified atom stereocenters. The third kappa shape index (κ3) is 3.67. The van der Waals surface area contributed by atoms with Crippen molar-refractivity contribution in [2.45, 2.75) is 6.54 Å². The summed E-state index contributed by atoms with van der Waals surface area (Å²) in [5.41, 5.74) is 0.778. The lowest BCUT2D eigenvalue weighted by atomic mass is 10.2. The van der Waals surface area contributed by atoms with Crippen LogP contribution in [0.15, 0.2) is 47.5 Å². The molecule has 0 bridgehead atoms. The van der Waals surface area contributed by atoms with E-state index in [0.29, 0.717) is 23.0 Å². The number of ether oxygens (including phenoxy) is 1. The molecular weight excluding hydrogens is 378 g/mol. The lowest BCUT2D eigenvalue weighted by Crippen LogP contribution is -2.19. The second-order valence-electron chi connectivity index (χ2n) is 5.34. The van der Waals surface area contributed by atoms with Gasteiger partial charge in [0, 0.05) is 31.4 Å². The molecule has 0 aliphatic rings. The first-order chi connectivity index (χ1) is 12.5. The first-order valence-corrected chi connectivity index (χ1v) is 8.81. The number of thiazole rings is 1. The van der Waals surface area contributed by atoms with Crippen LogP contribution in [0.25, 0.3) is 10.2 Å². The Morgan fingerprint density at radius 1 is 1.35 bits per heavy atom. The summed E-state index contributed by atoms with van der Waals surface area (Å²) in [6.45, 7) is 0.899. The summed E-state index contributed by atoms with van der Waals surface area (Å²) in [6.07, 6.45) is 0. The molecule has 2 aromatic carbocycles. The first kappa shape index (κ1) is 18.2. The van der Waals surface area contributed by atoms with E-state index in [1.165, 1.54) is 35.6 Å². The number of amides is 1. The van der Waals surface area contributed by atoms with Crippen LogP contribution in [-0.4, -0.2) is 29.1 Å². The predicted octanol–water partition coefficient (Wildman–Crippen LogP) is 3.65. The molecule has 0 atom stereocenters. The summed E-state index contributed by atoms with van der Waals surface area (Å²) in [4.78, 5) is 27.5. The number of carbonyl (C=O) groups excluding carboxylic acids is 1. The zero-order valence-electron chi connectivity index (χ0n) is 13.7. The molecule has 0 radical (unpaired) electrons. The van der Waals surface area contributed by atoms with E-state index in [1.54, 1.807) is 13.2 Å². The van der Waals surface area contributed by atoms with E-state index in [1.807, 2.05) is 16.7 Å². The van der Waals surface area contributed by atoms with Gasteiger partial charge in [-0.1, -0.05) is 35.1 Å². The molecule has 0 saturated carbocycles. The van der Waals surface area contributed by atoms with E-state index >= 15 is 0 Å². The van der Waals surface area contributed by atoms with E-state index in [9.17, 15) is 14.9 Å². The van der Waals surface area contributed by atoms with E-state index in [-0.39, 0.29) is 11.3 Å². The van der Waals surface area contributed by atoms with Gasteiger partial charge in [-0.15, -0.1) is 0 Å². The average Bonchev–Trinajstić information content (AvgIpc) is 2.98. The third-order valence-electron chi connectivity index (χ3n) is 3.67. The zero-order chi connectivity index (χ0) is 18.7. The fourth-order valence-electron chi connectivity index (χ4n) is 2.47. The number of nitrogens with zero attached hydrogens (tertiary/aromatic N) is 3. The Morgan fingerprint density at radius 2 is 2.12 bits per heavy atom. The maximum Gasteiger partial charge on any atom is 0.279 e. The van der Waals surface area contributed by atoms with Crippen molar-refractivity contribution < 1.29 is 14.5 Å². The van der Waals surface area contributed by atoms with Crippen LogP contribution >= 0.6 is 22.9 Å². The Morgan fingerprint density at radius 3 is 2.85 bits per heavy atom. The molecule has 9 heteroatoms. The monoisotopic (exact) mass is 391 g/mol. The number of non-ortho nitro benzene ring substituents is 1. The summed E-state index contributed by atoms with van der Waals surface area (Å²) in [6, 6.07) is 11.0. The average molecular weight is 392 g/mol. The summed E-state index contributed by atoms with van der Waals surface area (Å²) >= 11 is 7.63. The van der Waals surface area contributed by atoms with Gasteiger partial charge in [0.05, 0.1) is 26.8 Å². The van der Waals surface area contributed by atoms with Crippen molar-refractivity contribution in [2.24, 2.45) is 4.99 Å². The number of hydrogen-bond donors (Lipinski definition) is 0. The van der Waals surface area contributed by atoms with Gasteiger partial charge < -0.3 is 9.30 Å². The molecule has 3 aromatic rings. The minimum atomic E-state index is -0.553. The fraction of sp³-hybridized carbons (Fsp3) is 0.176. The van der Waals surface area contributed by atoms with Gasteiger partial charge >= 0.3 is 0 Å². The summed E-state index contributed by atoms with van der Waals surface area (Å²) in [5, 5.41) is 11.4. The normalized spacial score (nSPS) is 11.8. The van der Waals surface area contributed by atoms with Crippen LogP contribution in [0.3, 0.4) is 0 Å². The molecule has 26 heavy (non-hydrogen) atoms. The Bertz CT molecular complexity index is 1060. The van der Waals surface area contributed by atoms with Gasteiger partial charge in [-0.3, -0.25) is 14.9 Å². The lowest BCUT2D eigenvalue weighted by Gasteiger charge is -2.05. The largest absolute Gasteiger partial charge is 0.383 e. The molecule has 0 aliphatic carbocycles. The topological polar surface area (TPSA) is 86.7 Å². The summed E-state index contributed by atoms with van der Waals surface area (Å²) in [7, 11) is 1.59. The number of methoxy groups -OCH3 is 1. The van der Waals surface area contributed by atoms with Crippen LogP contribution in [0.4, 0.5) is 5.69 Å². The van der Waals surface area contributed by atoms with Crippen molar-refractivity contribution in [3.8, 4) is 0 Å². The minimum absolute atomic E-state index is 0.154. The fourth-order valence-corrected chi connectivity index (χ4v) is 3.88. The number of halogens is 1. The summed E-state index contributed by atoms with van der Waals surface area (Å²) < 4.78 is 7.84. The lowest BCUT2D eigenvalue weighted by molar-refractivity contribution is -0.384. The molecule has 0 spiro atoms. The van der Waals surface area contributed by atoms with Crippen molar-refractivity contribution >= 4 is 44.7 Å². The SMILES string of the molecule is COCCn1c(=NC(=O)c2cccc([N+](=O)[O-])c2)sc2cccc(Cl)c21. The molecule has 134 valence electrons. The van der Waals surface area contributed by atoms with Gasteiger partial charge in [0.2, 0.25) is 0 Å². The number of fused-ring (bicyclic) bond motifs is 1. The maximum absolute atomic E-state index is 12.5. The number of aromatic nitrogens is 1. The highest BCUT2D eigenvalue weighted by molar-refractivity contribution is 7.16. The molecule has 1 amide bonds. The van der Waals surface area contributed by atoms with Crippen LogP contribution in [0.1, 0.15) is 10.4 Å². The molecule has 7 nitrogen and oxygen atoms in total. The van der Waals surface area contributed by atoms with Crippen molar-refractivity contribution in [3.63, 3.8) is 0 Å². The van der Waals surface area contributed by atoms with E-state index < -0.39 is 10.8 Å². The van der Waals surface area contributed by atoms with Gasteiger partial charge in [0.25, 0.3) is 11.6 Å². The van der Waals surface area contributed by atoms with Crippen molar-refractivity contribution in [3.05, 3.63) is 68.0 Å². The van der Waals surface area contributed by atoms with Crippen molar-refractivity contribution in [1.82, 2.24) is 4.57 Å². The smallest absolute Gasteiger partial charge is 0.279 e. The molecule has 1 aromatic heterocycles. The molecule has 3 rings (SSSR count). The quantitative estimate of drug-likeness (QED) is 0.490. The number of carbonyl (C=O) groups is 1. The minimum Gasteiger partial charge on any atom is -0.383 e. The molecular formula is C17H14ClN3O4S. The third-order valence-corrected chi connectivity index (χ3v) is 5.02. The highest BCUT2D eigenvalue weighted by atomic mass is 35.5. The Hall–Kier alpha value is -2.55. The second kappa shape index (κ2) is 7.77. The van der Waals surface area contributed by atoms with Crippen molar-refractivity contribution in [1.29, 1.82) is 0 Å². The van der Waals surface area contributed by atoms with Gasteiger partial charge in [-0.25, -0.2) is 0 Å². The van der Waals surface area contributed by atoms with E-state index in [4.69, 9.17) is 16.3 Å². The highest BCUT2D eigenvalue weighted by Gasteiger charge is 2.13. The van der Waals surface area contributed by atoms with Crippen LogP contribution in [-0.2, 0) is 11.3 Å². The van der Waals surface area contributed by atoms with Crippen LogP contribution in [0.2, 0.25) is 5.02 Å². The van der Waals surface area contributed by atoms with Crippen molar-refractivity contribution in [2.75, 3.05) is 13.7 Å². The first-order valence-electron chi connectivity index (χ1n) is 7.61. The molecule has 0 fully saturated rings. The predicted molar refractivity (Wildman–Crippen MR) is 99.7 cm³/mol. The van der Waals surface area contributed by atoms with E-state index in [0.717, 1.165) is 10.2 Å². The number of nitro benzene ring substituents is 1. The number of rotatable bonds is 5. The maximum atomic E-state index is 12.5. The van der Waals surface area contributed by atoms with Crippen LogP contribution < -0.4 is 4.80 Å².